The second-order valence-corrected chi connectivity index (χ2v) is 3.76. The van der Waals surface area contributed by atoms with Gasteiger partial charge in [-0.15, -0.1) is 0 Å². The Hall–Kier alpha value is -1.58. The third-order valence-electron chi connectivity index (χ3n) is 2.68. The van der Waals surface area contributed by atoms with Gasteiger partial charge in [-0.3, -0.25) is 4.79 Å². The molecule has 0 bridgehead atoms. The Balaban J connectivity index is 2.80. The van der Waals surface area contributed by atoms with Crippen LogP contribution in [0.3, 0.4) is 0 Å². The molecule has 0 radical (unpaired) electrons. The third kappa shape index (κ3) is 3.19. The van der Waals surface area contributed by atoms with E-state index in [4.69, 9.17) is 9.15 Å². The van der Waals surface area contributed by atoms with E-state index in [2.05, 4.69) is 0 Å². The highest BCUT2D eigenvalue weighted by molar-refractivity contribution is 5.96. The Bertz CT molecular complexity index is 388. The molecule has 1 aromatic heterocycles. The standard InChI is InChI=1S/C13H18O4/c1-4-9(5-2)12(14)10-7-8-11(17-10)13(15)16-6-3/h7-9H,4-6H2,1-3H3. The summed E-state index contributed by atoms with van der Waals surface area (Å²) in [5.74, 6) is -0.305. The van der Waals surface area contributed by atoms with Gasteiger partial charge in [0.15, 0.2) is 5.76 Å². The highest BCUT2D eigenvalue weighted by atomic mass is 16.5. The lowest BCUT2D eigenvalue weighted by Crippen LogP contribution is -2.12. The van der Waals surface area contributed by atoms with E-state index in [1.54, 1.807) is 6.92 Å². The molecular weight excluding hydrogens is 220 g/mol. The molecule has 0 saturated heterocycles. The minimum Gasteiger partial charge on any atom is -0.460 e. The highest BCUT2D eigenvalue weighted by Crippen LogP contribution is 2.18. The van der Waals surface area contributed by atoms with Crippen molar-refractivity contribution in [2.75, 3.05) is 6.61 Å². The van der Waals surface area contributed by atoms with Crippen molar-refractivity contribution in [3.05, 3.63) is 23.7 Å². The first-order valence-corrected chi connectivity index (χ1v) is 5.95. The highest BCUT2D eigenvalue weighted by Gasteiger charge is 2.21. The predicted molar refractivity (Wildman–Crippen MR) is 63.1 cm³/mol. The molecule has 0 amide bonds. The van der Waals surface area contributed by atoms with Gasteiger partial charge < -0.3 is 9.15 Å². The number of ether oxygens (including phenoxy) is 1. The normalized spacial score (nSPS) is 10.6. The third-order valence-corrected chi connectivity index (χ3v) is 2.68. The van der Waals surface area contributed by atoms with Crippen LogP contribution >= 0.6 is 0 Å². The van der Waals surface area contributed by atoms with Crippen molar-refractivity contribution in [2.24, 2.45) is 5.92 Å². The Labute approximate surface area is 101 Å². The first kappa shape index (κ1) is 13.5. The van der Waals surface area contributed by atoms with Crippen molar-refractivity contribution in [1.82, 2.24) is 0 Å². The Kier molecular flexibility index (Phi) is 4.94. The first-order valence-electron chi connectivity index (χ1n) is 5.95. The average molecular weight is 238 g/mol. The molecule has 0 N–H and O–H groups in total. The molecule has 0 spiro atoms. The van der Waals surface area contributed by atoms with Gasteiger partial charge >= 0.3 is 5.97 Å². The van der Waals surface area contributed by atoms with Crippen molar-refractivity contribution >= 4 is 11.8 Å². The van der Waals surface area contributed by atoms with Crippen LogP contribution in [0.15, 0.2) is 16.5 Å². The van der Waals surface area contributed by atoms with E-state index < -0.39 is 5.97 Å². The smallest absolute Gasteiger partial charge is 0.374 e. The zero-order valence-corrected chi connectivity index (χ0v) is 10.5. The van der Waals surface area contributed by atoms with E-state index >= 15 is 0 Å². The molecule has 17 heavy (non-hydrogen) atoms. The van der Waals surface area contributed by atoms with Gasteiger partial charge in [0.2, 0.25) is 11.5 Å². The maximum Gasteiger partial charge on any atom is 0.374 e. The number of carbonyl (C=O) groups excluding carboxylic acids is 2. The topological polar surface area (TPSA) is 56.5 Å². The summed E-state index contributed by atoms with van der Waals surface area (Å²) in [6, 6.07) is 3.01. The van der Waals surface area contributed by atoms with Gasteiger partial charge in [0.25, 0.3) is 0 Å². The number of hydrogen-bond acceptors (Lipinski definition) is 4. The molecule has 0 saturated carbocycles. The summed E-state index contributed by atoms with van der Waals surface area (Å²) in [4.78, 5) is 23.3. The van der Waals surface area contributed by atoms with Crippen LogP contribution in [0.2, 0.25) is 0 Å². The van der Waals surface area contributed by atoms with E-state index in [9.17, 15) is 9.59 Å². The molecule has 1 rings (SSSR count). The summed E-state index contributed by atoms with van der Waals surface area (Å²) in [6.45, 7) is 5.93. The van der Waals surface area contributed by atoms with Crippen LogP contribution in [0, 0.1) is 5.92 Å². The predicted octanol–water partition coefficient (Wildman–Crippen LogP) is 3.08. The van der Waals surface area contributed by atoms with E-state index in [0.717, 1.165) is 12.8 Å². The summed E-state index contributed by atoms with van der Waals surface area (Å²) < 4.78 is 10.0. The fourth-order valence-electron chi connectivity index (χ4n) is 1.64. The van der Waals surface area contributed by atoms with Gasteiger partial charge in [-0.2, -0.15) is 0 Å². The van der Waals surface area contributed by atoms with Gasteiger partial charge in [-0.05, 0) is 31.9 Å². The molecule has 4 heteroatoms. The van der Waals surface area contributed by atoms with Crippen LogP contribution in [-0.2, 0) is 4.74 Å². The van der Waals surface area contributed by atoms with Crippen LogP contribution in [0.4, 0.5) is 0 Å². The molecule has 0 unspecified atom stereocenters. The Morgan fingerprint density at radius 3 is 2.29 bits per heavy atom. The van der Waals surface area contributed by atoms with Gasteiger partial charge in [0, 0.05) is 5.92 Å². The van der Waals surface area contributed by atoms with Crippen LogP contribution in [0.25, 0.3) is 0 Å². The molecular formula is C13H18O4. The monoisotopic (exact) mass is 238 g/mol. The van der Waals surface area contributed by atoms with Gasteiger partial charge in [-0.25, -0.2) is 4.79 Å². The lowest BCUT2D eigenvalue weighted by Gasteiger charge is -2.07. The number of Topliss-reactive ketones (excluding diaryl/α,β-unsaturated/α-hetero) is 1. The molecule has 1 heterocycles. The summed E-state index contributed by atoms with van der Waals surface area (Å²) in [5, 5.41) is 0. The summed E-state index contributed by atoms with van der Waals surface area (Å²) in [6.07, 6.45) is 1.54. The van der Waals surface area contributed by atoms with Gasteiger partial charge in [-0.1, -0.05) is 13.8 Å². The minimum atomic E-state index is -0.531. The van der Waals surface area contributed by atoms with Crippen molar-refractivity contribution in [2.45, 2.75) is 33.6 Å². The lowest BCUT2D eigenvalue weighted by atomic mass is 9.97. The van der Waals surface area contributed by atoms with Gasteiger partial charge in [0.1, 0.15) is 0 Å². The minimum absolute atomic E-state index is 0.0452. The van der Waals surface area contributed by atoms with E-state index in [-0.39, 0.29) is 29.8 Å². The molecule has 0 atom stereocenters. The molecule has 1 aromatic rings. The zero-order chi connectivity index (χ0) is 12.8. The van der Waals surface area contributed by atoms with Crippen LogP contribution in [0.5, 0.6) is 0 Å². The number of carbonyl (C=O) groups is 2. The van der Waals surface area contributed by atoms with Crippen molar-refractivity contribution in [3.63, 3.8) is 0 Å². The maximum atomic E-state index is 12.0. The Morgan fingerprint density at radius 2 is 1.76 bits per heavy atom. The van der Waals surface area contributed by atoms with E-state index in [1.807, 2.05) is 13.8 Å². The molecule has 0 fully saturated rings. The van der Waals surface area contributed by atoms with Crippen molar-refractivity contribution in [3.8, 4) is 0 Å². The number of hydrogen-bond donors (Lipinski definition) is 0. The number of ketones is 1. The largest absolute Gasteiger partial charge is 0.460 e. The Morgan fingerprint density at radius 1 is 1.18 bits per heavy atom. The summed E-state index contributed by atoms with van der Waals surface area (Å²) >= 11 is 0. The van der Waals surface area contributed by atoms with Crippen LogP contribution in [0.1, 0.15) is 54.7 Å². The fourth-order valence-corrected chi connectivity index (χ4v) is 1.64. The lowest BCUT2D eigenvalue weighted by molar-refractivity contribution is 0.0488. The molecule has 4 nitrogen and oxygen atoms in total. The van der Waals surface area contributed by atoms with Gasteiger partial charge in [0.05, 0.1) is 6.61 Å². The molecule has 94 valence electrons. The maximum absolute atomic E-state index is 12.0. The second kappa shape index (κ2) is 6.23. The number of esters is 1. The zero-order valence-electron chi connectivity index (χ0n) is 10.5. The number of rotatable bonds is 6. The average Bonchev–Trinajstić information content (AvgIpc) is 2.80. The molecule has 0 aliphatic heterocycles. The molecule has 0 aliphatic rings. The van der Waals surface area contributed by atoms with Crippen LogP contribution < -0.4 is 0 Å². The van der Waals surface area contributed by atoms with E-state index in [1.165, 1.54) is 12.1 Å². The SMILES string of the molecule is CCOC(=O)c1ccc(C(=O)C(CC)CC)o1. The van der Waals surface area contributed by atoms with E-state index in [0.29, 0.717) is 0 Å². The first-order chi connectivity index (χ1) is 8.13. The summed E-state index contributed by atoms with van der Waals surface area (Å²) in [5.41, 5.74) is 0. The van der Waals surface area contributed by atoms with Crippen molar-refractivity contribution in [1.29, 1.82) is 0 Å². The second-order valence-electron chi connectivity index (χ2n) is 3.76. The molecule has 0 aliphatic carbocycles. The van der Waals surface area contributed by atoms with Crippen molar-refractivity contribution < 1.29 is 18.7 Å². The summed E-state index contributed by atoms with van der Waals surface area (Å²) in [7, 11) is 0. The molecule has 0 aromatic carbocycles. The number of furan rings is 1. The quantitative estimate of drug-likeness (QED) is 0.564. The van der Waals surface area contributed by atoms with Crippen LogP contribution in [-0.4, -0.2) is 18.4 Å². The fraction of sp³-hybridized carbons (Fsp3) is 0.538.